The van der Waals surface area contributed by atoms with Gasteiger partial charge in [-0.3, -0.25) is 0 Å². The number of aliphatic imine (C=N–C) groups is 1. The van der Waals surface area contributed by atoms with E-state index in [1.165, 1.54) is 0 Å². The summed E-state index contributed by atoms with van der Waals surface area (Å²) in [6, 6.07) is 0. The molecule has 0 aromatic heterocycles. The maximum Gasteiger partial charge on any atom is 0.371 e. The Kier molecular flexibility index (Phi) is 6.08. The molecule has 9 heteroatoms. The van der Waals surface area contributed by atoms with Gasteiger partial charge in [-0.05, 0) is 0 Å². The first-order chi connectivity index (χ1) is 8.36. The van der Waals surface area contributed by atoms with E-state index < -0.39 is 6.15 Å². The smallest absolute Gasteiger partial charge is 0.371 e. The van der Waals surface area contributed by atoms with Gasteiger partial charge >= 0.3 is 6.15 Å². The summed E-state index contributed by atoms with van der Waals surface area (Å²) in [5, 5.41) is 9.01. The molecule has 0 amide bonds. The number of halogens is 6. The van der Waals surface area contributed by atoms with Crippen LogP contribution in [0.1, 0.15) is 0 Å². The Labute approximate surface area is 127 Å². The highest BCUT2D eigenvalue weighted by atomic mass is 35.5. The van der Waals surface area contributed by atoms with Crippen molar-refractivity contribution in [2.75, 3.05) is 13.2 Å². The van der Waals surface area contributed by atoms with Gasteiger partial charge in [0, 0.05) is 0 Å². The number of phenolic OH excluding ortho intramolecular Hbond substituents is 1. The second-order valence-corrected chi connectivity index (χ2v) is 4.79. The number of hydrogen-bond acceptors (Lipinski definition) is 3. The van der Waals surface area contributed by atoms with E-state index in [1.807, 2.05) is 0 Å². The number of phenols is 1. The van der Waals surface area contributed by atoms with Crippen LogP contribution in [-0.2, 0) is 4.74 Å². The minimum absolute atomic E-state index is 0.00904. The van der Waals surface area contributed by atoms with Crippen molar-refractivity contribution in [2.45, 2.75) is 0 Å². The van der Waals surface area contributed by atoms with E-state index in [-0.39, 0.29) is 30.9 Å². The van der Waals surface area contributed by atoms with E-state index in [0.717, 1.165) is 0 Å². The molecule has 0 spiro atoms. The minimum atomic E-state index is -0.671. The van der Waals surface area contributed by atoms with Crippen molar-refractivity contribution in [3.8, 4) is 5.75 Å². The summed E-state index contributed by atoms with van der Waals surface area (Å²) in [6.45, 7) is 0.887. The molecule has 100 valence electrons. The van der Waals surface area contributed by atoms with E-state index in [4.69, 9.17) is 58.0 Å². The Hall–Kier alpha value is -0.130. The number of nitrogens with zero attached hydrogens (tertiary/aromatic N) is 1. The zero-order valence-corrected chi connectivity index (χ0v) is 12.3. The van der Waals surface area contributed by atoms with E-state index in [9.17, 15) is 9.50 Å². The number of hydrogen-bond donors (Lipinski definition) is 1. The Balaban J connectivity index is 0.000000225. The van der Waals surface area contributed by atoms with Crippen molar-refractivity contribution in [2.24, 2.45) is 4.99 Å². The van der Waals surface area contributed by atoms with Gasteiger partial charge in [0.1, 0.15) is 16.7 Å². The molecule has 0 bridgehead atoms. The summed E-state index contributed by atoms with van der Waals surface area (Å²) in [5.74, 6) is -0.363. The van der Waals surface area contributed by atoms with Crippen molar-refractivity contribution in [1.82, 2.24) is 0 Å². The molecule has 1 aliphatic rings. The molecule has 0 saturated carbocycles. The molecule has 0 fully saturated rings. The van der Waals surface area contributed by atoms with Crippen molar-refractivity contribution >= 4 is 64.2 Å². The summed E-state index contributed by atoms with van der Waals surface area (Å²) < 4.78 is 15.7. The fourth-order valence-corrected chi connectivity index (χ4v) is 2.03. The van der Waals surface area contributed by atoms with Crippen LogP contribution in [0.5, 0.6) is 5.75 Å². The molecule has 0 radical (unpaired) electrons. The van der Waals surface area contributed by atoms with Crippen LogP contribution in [0.25, 0.3) is 0 Å². The Morgan fingerprint density at radius 3 is 1.67 bits per heavy atom. The second-order valence-electron chi connectivity index (χ2n) is 2.90. The summed E-state index contributed by atoms with van der Waals surface area (Å²) in [5.41, 5.74) is 0. The monoisotopic (exact) mass is 353 g/mol. The normalized spacial score (nSPS) is 13.6. The molecular formula is C9H5Cl5FNO2. The molecule has 0 saturated heterocycles. The van der Waals surface area contributed by atoms with Crippen LogP contribution in [0.4, 0.5) is 4.39 Å². The summed E-state index contributed by atoms with van der Waals surface area (Å²) >= 11 is 27.9. The largest absolute Gasteiger partial charge is 0.505 e. The topological polar surface area (TPSA) is 41.8 Å². The third-order valence-electron chi connectivity index (χ3n) is 1.74. The maximum absolute atomic E-state index is 11.5. The fraction of sp³-hybridized carbons (Fsp3) is 0.222. The molecule has 18 heavy (non-hydrogen) atoms. The highest BCUT2D eigenvalue weighted by molar-refractivity contribution is 6.55. The van der Waals surface area contributed by atoms with Gasteiger partial charge in [0.2, 0.25) is 0 Å². The van der Waals surface area contributed by atoms with Crippen LogP contribution in [0.3, 0.4) is 0 Å². The quantitative estimate of drug-likeness (QED) is 0.525. The van der Waals surface area contributed by atoms with Gasteiger partial charge in [-0.25, -0.2) is 4.99 Å². The van der Waals surface area contributed by atoms with Gasteiger partial charge in [-0.1, -0.05) is 58.0 Å². The molecule has 0 atom stereocenters. The van der Waals surface area contributed by atoms with Crippen LogP contribution in [0, 0.1) is 0 Å². The molecule has 2 rings (SSSR count). The van der Waals surface area contributed by atoms with E-state index in [2.05, 4.69) is 9.73 Å². The van der Waals surface area contributed by atoms with Crippen LogP contribution in [0.2, 0.25) is 25.1 Å². The van der Waals surface area contributed by atoms with Crippen molar-refractivity contribution in [1.29, 1.82) is 0 Å². The minimum Gasteiger partial charge on any atom is -0.505 e. The van der Waals surface area contributed by atoms with Crippen LogP contribution < -0.4 is 0 Å². The number of ether oxygens (including phenoxy) is 1. The summed E-state index contributed by atoms with van der Waals surface area (Å²) in [4.78, 5) is 3.26. The lowest BCUT2D eigenvalue weighted by molar-refractivity contribution is 0.306. The van der Waals surface area contributed by atoms with Crippen LogP contribution in [0.15, 0.2) is 4.99 Å². The van der Waals surface area contributed by atoms with Crippen molar-refractivity contribution in [3.63, 3.8) is 0 Å². The van der Waals surface area contributed by atoms with Gasteiger partial charge in [0.05, 0.1) is 21.6 Å². The molecule has 1 aromatic carbocycles. The zero-order chi connectivity index (χ0) is 13.9. The molecule has 1 aliphatic heterocycles. The van der Waals surface area contributed by atoms with Crippen LogP contribution >= 0.6 is 58.0 Å². The molecule has 1 heterocycles. The van der Waals surface area contributed by atoms with Gasteiger partial charge in [0.25, 0.3) is 0 Å². The molecule has 1 aromatic rings. The van der Waals surface area contributed by atoms with Gasteiger partial charge in [0.15, 0.2) is 5.75 Å². The average molecular weight is 355 g/mol. The Morgan fingerprint density at radius 2 is 1.39 bits per heavy atom. The first-order valence-electron chi connectivity index (χ1n) is 4.39. The van der Waals surface area contributed by atoms with Crippen molar-refractivity contribution in [3.05, 3.63) is 25.1 Å². The lowest BCUT2D eigenvalue weighted by Gasteiger charge is -2.06. The molecule has 0 unspecified atom stereocenters. The SMILES string of the molecule is FC1=NCCO1.Oc1c(Cl)c(Cl)c(Cl)c(Cl)c1Cl. The lowest BCUT2D eigenvalue weighted by Crippen LogP contribution is -1.87. The Morgan fingerprint density at radius 1 is 0.944 bits per heavy atom. The molecule has 0 aliphatic carbocycles. The number of aromatic hydroxyl groups is 1. The second kappa shape index (κ2) is 6.87. The summed E-state index contributed by atoms with van der Waals surface area (Å²) in [7, 11) is 0. The van der Waals surface area contributed by atoms with Gasteiger partial charge in [-0.15, -0.1) is 4.39 Å². The standard InChI is InChI=1S/C6HCl5O.C3H4FNO/c7-1-2(8)4(10)6(12)5(11)3(1)9;4-3-5-1-2-6-3/h12H;1-2H2. The third-order valence-corrected chi connectivity index (χ3v) is 3.99. The zero-order valence-electron chi connectivity index (χ0n) is 8.48. The lowest BCUT2D eigenvalue weighted by atomic mass is 10.3. The van der Waals surface area contributed by atoms with E-state index >= 15 is 0 Å². The maximum atomic E-state index is 11.5. The number of rotatable bonds is 0. The van der Waals surface area contributed by atoms with Crippen LogP contribution in [-0.4, -0.2) is 24.4 Å². The first kappa shape index (κ1) is 15.9. The molecule has 3 nitrogen and oxygen atoms in total. The van der Waals surface area contributed by atoms with E-state index in [0.29, 0.717) is 13.2 Å². The third kappa shape index (κ3) is 3.68. The Bertz CT molecular complexity index is 389. The van der Waals surface area contributed by atoms with Crippen molar-refractivity contribution < 1.29 is 14.2 Å². The highest BCUT2D eigenvalue weighted by Gasteiger charge is 2.18. The average Bonchev–Trinajstić information content (AvgIpc) is 2.83. The predicted octanol–water partition coefficient (Wildman–Crippen LogP) is 5.00. The summed E-state index contributed by atoms with van der Waals surface area (Å²) in [6.07, 6.45) is -0.671. The van der Waals surface area contributed by atoms with Gasteiger partial charge < -0.3 is 9.84 Å². The molecular weight excluding hydrogens is 350 g/mol. The highest BCUT2D eigenvalue weighted by Crippen LogP contribution is 2.47. The fourth-order valence-electron chi connectivity index (χ4n) is 0.902. The van der Waals surface area contributed by atoms with Gasteiger partial charge in [-0.2, -0.15) is 0 Å². The van der Waals surface area contributed by atoms with E-state index in [1.54, 1.807) is 0 Å². The predicted molar refractivity (Wildman–Crippen MR) is 72.5 cm³/mol. The first-order valence-corrected chi connectivity index (χ1v) is 6.28. The molecule has 1 N–H and O–H groups in total. The number of benzene rings is 1.